The number of hydrogen-bond acceptors (Lipinski definition) is 3. The van der Waals surface area contributed by atoms with Crippen LogP contribution in [0.3, 0.4) is 0 Å². The number of carbonyl (C=O) groups is 1. The summed E-state index contributed by atoms with van der Waals surface area (Å²) < 4.78 is 3.71. The molecule has 3 rings (SSSR count). The van der Waals surface area contributed by atoms with Crippen molar-refractivity contribution in [2.45, 2.75) is 40.2 Å². The number of nitrogens with one attached hydrogen (secondary N) is 1. The van der Waals surface area contributed by atoms with E-state index in [1.807, 2.05) is 80.6 Å². The van der Waals surface area contributed by atoms with E-state index < -0.39 is 0 Å². The first-order valence-corrected chi connectivity index (χ1v) is 8.77. The first-order valence-electron chi connectivity index (χ1n) is 8.77. The van der Waals surface area contributed by atoms with E-state index in [0.29, 0.717) is 6.42 Å². The maximum absolute atomic E-state index is 12.6. The highest BCUT2D eigenvalue weighted by atomic mass is 16.1. The lowest BCUT2D eigenvalue weighted by Crippen LogP contribution is -2.28. The first kappa shape index (κ1) is 17.9. The summed E-state index contributed by atoms with van der Waals surface area (Å²) in [6.07, 6.45) is 2.12. The van der Waals surface area contributed by atoms with E-state index in [1.54, 1.807) is 0 Å². The van der Waals surface area contributed by atoms with Crippen molar-refractivity contribution in [3.63, 3.8) is 0 Å². The van der Waals surface area contributed by atoms with E-state index in [1.165, 1.54) is 0 Å². The average Bonchev–Trinajstić information content (AvgIpc) is 3.09. The van der Waals surface area contributed by atoms with Crippen LogP contribution in [0.4, 0.5) is 0 Å². The van der Waals surface area contributed by atoms with Crippen molar-refractivity contribution in [3.05, 3.63) is 64.7 Å². The van der Waals surface area contributed by atoms with Gasteiger partial charge in [0.2, 0.25) is 5.91 Å². The average molecular weight is 351 g/mol. The Morgan fingerprint density at radius 2 is 1.85 bits per heavy atom. The standard InChI is InChI=1S/C20H25N5O/c1-13(19-12-21-24(5)15(19)3)22-20(26)11-18-14(2)23-25(16(18)4)17-9-7-6-8-10-17/h6-10,12-13H,11H2,1-5H3,(H,22,26). The lowest BCUT2D eigenvalue weighted by Gasteiger charge is -2.14. The van der Waals surface area contributed by atoms with E-state index in [4.69, 9.17) is 0 Å². The second-order valence-electron chi connectivity index (χ2n) is 6.67. The fourth-order valence-corrected chi connectivity index (χ4v) is 3.22. The van der Waals surface area contributed by atoms with Gasteiger partial charge in [-0.3, -0.25) is 9.48 Å². The Labute approximate surface area is 153 Å². The van der Waals surface area contributed by atoms with Crippen LogP contribution in [0.15, 0.2) is 36.5 Å². The Morgan fingerprint density at radius 1 is 1.15 bits per heavy atom. The van der Waals surface area contributed by atoms with Crippen LogP contribution in [0.25, 0.3) is 5.69 Å². The van der Waals surface area contributed by atoms with Crippen molar-refractivity contribution >= 4 is 5.91 Å². The van der Waals surface area contributed by atoms with Crippen LogP contribution in [0.5, 0.6) is 0 Å². The Hall–Kier alpha value is -2.89. The largest absolute Gasteiger partial charge is 0.349 e. The molecule has 0 aliphatic carbocycles. The van der Waals surface area contributed by atoms with Gasteiger partial charge in [0.25, 0.3) is 0 Å². The zero-order valence-electron chi connectivity index (χ0n) is 15.9. The molecule has 136 valence electrons. The molecule has 6 nitrogen and oxygen atoms in total. The van der Waals surface area contributed by atoms with Crippen LogP contribution in [0, 0.1) is 20.8 Å². The number of rotatable bonds is 5. The summed E-state index contributed by atoms with van der Waals surface area (Å²) >= 11 is 0. The predicted octanol–water partition coefficient (Wildman–Crippen LogP) is 2.95. The summed E-state index contributed by atoms with van der Waals surface area (Å²) in [6.45, 7) is 7.94. The molecule has 0 fully saturated rings. The molecule has 26 heavy (non-hydrogen) atoms. The van der Waals surface area contributed by atoms with Crippen molar-refractivity contribution in [3.8, 4) is 5.69 Å². The van der Waals surface area contributed by atoms with E-state index in [2.05, 4.69) is 15.5 Å². The minimum absolute atomic E-state index is 0.0143. The van der Waals surface area contributed by atoms with Gasteiger partial charge in [-0.05, 0) is 39.8 Å². The predicted molar refractivity (Wildman–Crippen MR) is 101 cm³/mol. The summed E-state index contributed by atoms with van der Waals surface area (Å²) in [4.78, 5) is 12.6. The lowest BCUT2D eigenvalue weighted by atomic mass is 10.1. The Morgan fingerprint density at radius 3 is 2.46 bits per heavy atom. The van der Waals surface area contributed by atoms with Gasteiger partial charge in [-0.15, -0.1) is 0 Å². The molecule has 0 bridgehead atoms. The molecule has 3 aromatic rings. The normalized spacial score (nSPS) is 12.2. The van der Waals surface area contributed by atoms with Gasteiger partial charge in [0.05, 0.1) is 30.0 Å². The van der Waals surface area contributed by atoms with Crippen molar-refractivity contribution in [2.24, 2.45) is 7.05 Å². The molecule has 1 unspecified atom stereocenters. The van der Waals surface area contributed by atoms with Crippen LogP contribution in [0.1, 0.15) is 41.2 Å². The fraction of sp³-hybridized carbons (Fsp3) is 0.350. The molecule has 0 spiro atoms. The third-order valence-corrected chi connectivity index (χ3v) is 4.90. The molecule has 1 amide bonds. The minimum Gasteiger partial charge on any atom is -0.349 e. The van der Waals surface area contributed by atoms with Crippen molar-refractivity contribution in [2.75, 3.05) is 0 Å². The number of amides is 1. The highest BCUT2D eigenvalue weighted by molar-refractivity contribution is 5.79. The number of nitrogens with zero attached hydrogens (tertiary/aromatic N) is 4. The van der Waals surface area contributed by atoms with Crippen LogP contribution in [-0.2, 0) is 18.3 Å². The van der Waals surface area contributed by atoms with Gasteiger partial charge in [0, 0.05) is 29.6 Å². The van der Waals surface area contributed by atoms with E-state index >= 15 is 0 Å². The zero-order chi connectivity index (χ0) is 18.8. The Balaban J connectivity index is 1.76. The van der Waals surface area contributed by atoms with Gasteiger partial charge >= 0.3 is 0 Å². The van der Waals surface area contributed by atoms with Crippen molar-refractivity contribution < 1.29 is 4.79 Å². The SMILES string of the molecule is Cc1nn(-c2ccccc2)c(C)c1CC(=O)NC(C)c1cnn(C)c1C. The smallest absolute Gasteiger partial charge is 0.225 e. The summed E-state index contributed by atoms with van der Waals surface area (Å²) in [5.74, 6) is -0.0143. The second kappa shape index (κ2) is 7.15. The monoisotopic (exact) mass is 351 g/mol. The molecule has 1 aromatic carbocycles. The number of aryl methyl sites for hydroxylation is 2. The third-order valence-electron chi connectivity index (χ3n) is 4.90. The molecule has 0 radical (unpaired) electrons. The van der Waals surface area contributed by atoms with E-state index in [9.17, 15) is 4.79 Å². The summed E-state index contributed by atoms with van der Waals surface area (Å²) in [7, 11) is 1.90. The van der Waals surface area contributed by atoms with Crippen LogP contribution in [0.2, 0.25) is 0 Å². The lowest BCUT2D eigenvalue weighted by molar-refractivity contribution is -0.121. The summed E-state index contributed by atoms with van der Waals surface area (Å²) in [6, 6.07) is 9.88. The maximum Gasteiger partial charge on any atom is 0.225 e. The molecule has 0 saturated carbocycles. The van der Waals surface area contributed by atoms with Gasteiger partial charge in [-0.1, -0.05) is 18.2 Å². The van der Waals surface area contributed by atoms with Gasteiger partial charge in [0.15, 0.2) is 0 Å². The summed E-state index contributed by atoms with van der Waals surface area (Å²) in [5.41, 5.74) is 5.94. The molecular formula is C20H25N5O. The summed E-state index contributed by atoms with van der Waals surface area (Å²) in [5, 5.41) is 11.9. The molecule has 1 N–H and O–H groups in total. The first-order chi connectivity index (χ1) is 12.4. The molecule has 6 heteroatoms. The van der Waals surface area contributed by atoms with E-state index in [0.717, 1.165) is 33.9 Å². The number of hydrogen-bond donors (Lipinski definition) is 1. The highest BCUT2D eigenvalue weighted by Gasteiger charge is 2.19. The Kier molecular flexibility index (Phi) is 4.93. The van der Waals surface area contributed by atoms with Crippen LogP contribution >= 0.6 is 0 Å². The zero-order valence-corrected chi connectivity index (χ0v) is 15.9. The molecule has 0 aliphatic rings. The number of benzene rings is 1. The molecule has 0 aliphatic heterocycles. The highest BCUT2D eigenvalue weighted by Crippen LogP contribution is 2.20. The number of carbonyl (C=O) groups excluding carboxylic acids is 1. The van der Waals surface area contributed by atoms with Gasteiger partial charge in [0.1, 0.15) is 0 Å². The van der Waals surface area contributed by atoms with Crippen LogP contribution < -0.4 is 5.32 Å². The molecule has 2 heterocycles. The number of para-hydroxylation sites is 1. The topological polar surface area (TPSA) is 64.7 Å². The molecule has 2 aromatic heterocycles. The van der Waals surface area contributed by atoms with Crippen LogP contribution in [-0.4, -0.2) is 25.5 Å². The third kappa shape index (κ3) is 3.40. The second-order valence-corrected chi connectivity index (χ2v) is 6.67. The molecule has 1 atom stereocenters. The maximum atomic E-state index is 12.6. The quantitative estimate of drug-likeness (QED) is 0.769. The Bertz CT molecular complexity index is 923. The van der Waals surface area contributed by atoms with Gasteiger partial charge in [-0.2, -0.15) is 10.2 Å². The van der Waals surface area contributed by atoms with E-state index in [-0.39, 0.29) is 11.9 Å². The number of aromatic nitrogens is 4. The molecular weight excluding hydrogens is 326 g/mol. The fourth-order valence-electron chi connectivity index (χ4n) is 3.22. The minimum atomic E-state index is -0.0824. The van der Waals surface area contributed by atoms with Gasteiger partial charge in [-0.25, -0.2) is 4.68 Å². The molecule has 0 saturated heterocycles. The van der Waals surface area contributed by atoms with Crippen molar-refractivity contribution in [1.82, 2.24) is 24.9 Å². The van der Waals surface area contributed by atoms with Gasteiger partial charge < -0.3 is 5.32 Å². The van der Waals surface area contributed by atoms with Crippen molar-refractivity contribution in [1.29, 1.82) is 0 Å².